The average molecular weight is 391 g/mol. The van der Waals surface area contributed by atoms with Crippen LogP contribution in [0.25, 0.3) is 11.4 Å². The molecule has 2 heterocycles. The Morgan fingerprint density at radius 2 is 1.97 bits per heavy atom. The molecule has 1 aromatic heterocycles. The van der Waals surface area contributed by atoms with E-state index in [4.69, 9.17) is 4.74 Å². The SMILES string of the molecule is CCOc1ccccc1NC(=O)CC1C(=O)Nc2nc(-c3ccc(C)cc3)nn21. The van der Waals surface area contributed by atoms with Crippen LogP contribution in [0.5, 0.6) is 5.75 Å². The second-order valence-corrected chi connectivity index (χ2v) is 6.76. The highest BCUT2D eigenvalue weighted by molar-refractivity contribution is 6.01. The molecule has 2 aromatic carbocycles. The molecule has 148 valence electrons. The van der Waals surface area contributed by atoms with Crippen molar-refractivity contribution in [1.82, 2.24) is 14.8 Å². The van der Waals surface area contributed by atoms with Crippen LogP contribution in [0.1, 0.15) is 24.9 Å². The zero-order chi connectivity index (χ0) is 20.4. The predicted octanol–water partition coefficient (Wildman–Crippen LogP) is 3.17. The van der Waals surface area contributed by atoms with Crippen molar-refractivity contribution in [2.75, 3.05) is 17.2 Å². The molecule has 1 atom stereocenters. The minimum Gasteiger partial charge on any atom is -0.492 e. The van der Waals surface area contributed by atoms with Gasteiger partial charge in [0.15, 0.2) is 5.82 Å². The zero-order valence-corrected chi connectivity index (χ0v) is 16.2. The molecule has 1 aliphatic rings. The van der Waals surface area contributed by atoms with Gasteiger partial charge in [-0.15, -0.1) is 5.10 Å². The number of aryl methyl sites for hydroxylation is 1. The molecular formula is C21H21N5O3. The summed E-state index contributed by atoms with van der Waals surface area (Å²) in [6, 6.07) is 14.2. The van der Waals surface area contributed by atoms with Crippen molar-refractivity contribution in [2.45, 2.75) is 26.3 Å². The first kappa shape index (κ1) is 18.7. The van der Waals surface area contributed by atoms with Gasteiger partial charge in [-0.1, -0.05) is 42.0 Å². The maximum absolute atomic E-state index is 12.6. The summed E-state index contributed by atoms with van der Waals surface area (Å²) in [7, 11) is 0. The Bertz CT molecular complexity index is 1060. The van der Waals surface area contributed by atoms with Crippen LogP contribution in [0.4, 0.5) is 11.6 Å². The van der Waals surface area contributed by atoms with Crippen molar-refractivity contribution in [1.29, 1.82) is 0 Å². The van der Waals surface area contributed by atoms with E-state index in [1.165, 1.54) is 4.68 Å². The minimum atomic E-state index is -0.754. The van der Waals surface area contributed by atoms with Gasteiger partial charge in [-0.2, -0.15) is 4.98 Å². The third-order valence-corrected chi connectivity index (χ3v) is 4.61. The molecule has 2 amide bonds. The number of carbonyl (C=O) groups is 2. The molecule has 29 heavy (non-hydrogen) atoms. The molecule has 2 N–H and O–H groups in total. The van der Waals surface area contributed by atoms with Crippen LogP contribution in [0, 0.1) is 6.92 Å². The number of carbonyl (C=O) groups excluding carboxylic acids is 2. The lowest BCUT2D eigenvalue weighted by atomic mass is 10.1. The molecule has 4 rings (SSSR count). The highest BCUT2D eigenvalue weighted by Crippen LogP contribution is 2.29. The first-order valence-electron chi connectivity index (χ1n) is 9.41. The number of benzene rings is 2. The summed E-state index contributed by atoms with van der Waals surface area (Å²) in [4.78, 5) is 29.3. The van der Waals surface area contributed by atoms with Gasteiger partial charge in [0.25, 0.3) is 5.91 Å². The smallest absolute Gasteiger partial charge is 0.252 e. The summed E-state index contributed by atoms with van der Waals surface area (Å²) in [6.07, 6.45) is -0.0595. The van der Waals surface area contributed by atoms with E-state index in [0.29, 0.717) is 29.8 Å². The maximum atomic E-state index is 12.6. The summed E-state index contributed by atoms with van der Waals surface area (Å²) in [5.74, 6) is 0.828. The molecule has 1 aliphatic heterocycles. The standard InChI is InChI=1S/C21H21N5O3/c1-3-29-17-7-5-4-6-15(17)22-18(27)12-16-20(28)24-21-23-19(25-26(16)21)14-10-8-13(2)9-11-14/h4-11,16H,3,12H2,1-2H3,(H,22,27)(H,23,24,25,28). The number of rotatable bonds is 6. The first-order valence-corrected chi connectivity index (χ1v) is 9.41. The van der Waals surface area contributed by atoms with E-state index < -0.39 is 6.04 Å². The van der Waals surface area contributed by atoms with Gasteiger partial charge >= 0.3 is 0 Å². The third kappa shape index (κ3) is 3.82. The molecule has 0 spiro atoms. The Kier molecular flexibility index (Phi) is 4.99. The quantitative estimate of drug-likeness (QED) is 0.673. The van der Waals surface area contributed by atoms with Crippen LogP contribution in [-0.4, -0.2) is 33.2 Å². The number of aromatic nitrogens is 3. The largest absolute Gasteiger partial charge is 0.492 e. The fourth-order valence-electron chi connectivity index (χ4n) is 3.16. The normalized spacial score (nSPS) is 15.0. The highest BCUT2D eigenvalue weighted by atomic mass is 16.5. The van der Waals surface area contributed by atoms with Gasteiger partial charge < -0.3 is 10.1 Å². The molecule has 8 heteroatoms. The fraction of sp³-hybridized carbons (Fsp3) is 0.238. The zero-order valence-electron chi connectivity index (χ0n) is 16.2. The summed E-state index contributed by atoms with van der Waals surface area (Å²) in [6.45, 7) is 4.37. The molecule has 0 aliphatic carbocycles. The van der Waals surface area contributed by atoms with Gasteiger partial charge in [0.2, 0.25) is 11.9 Å². The fourth-order valence-corrected chi connectivity index (χ4v) is 3.16. The summed E-state index contributed by atoms with van der Waals surface area (Å²) in [5.41, 5.74) is 2.55. The Morgan fingerprint density at radius 3 is 2.72 bits per heavy atom. The van der Waals surface area contributed by atoms with Crippen LogP contribution in [0.3, 0.4) is 0 Å². The van der Waals surface area contributed by atoms with E-state index in [0.717, 1.165) is 11.1 Å². The third-order valence-electron chi connectivity index (χ3n) is 4.61. The number of fused-ring (bicyclic) bond motifs is 1. The van der Waals surface area contributed by atoms with Crippen molar-refractivity contribution < 1.29 is 14.3 Å². The van der Waals surface area contributed by atoms with E-state index in [2.05, 4.69) is 20.7 Å². The number of nitrogens with one attached hydrogen (secondary N) is 2. The highest BCUT2D eigenvalue weighted by Gasteiger charge is 2.35. The van der Waals surface area contributed by atoms with Crippen LogP contribution in [-0.2, 0) is 9.59 Å². The predicted molar refractivity (Wildman–Crippen MR) is 109 cm³/mol. The van der Waals surface area contributed by atoms with E-state index in [9.17, 15) is 9.59 Å². The molecule has 1 unspecified atom stereocenters. The molecule has 0 saturated heterocycles. The topological polar surface area (TPSA) is 98.1 Å². The van der Waals surface area contributed by atoms with E-state index in [1.807, 2.05) is 50.2 Å². The van der Waals surface area contributed by atoms with Gasteiger partial charge in [0.05, 0.1) is 18.7 Å². The average Bonchev–Trinajstić information content (AvgIpc) is 3.23. The number of para-hydroxylation sites is 2. The number of nitrogens with zero attached hydrogens (tertiary/aromatic N) is 3. The molecule has 0 bridgehead atoms. The van der Waals surface area contributed by atoms with Crippen LogP contribution >= 0.6 is 0 Å². The van der Waals surface area contributed by atoms with Crippen LogP contribution in [0.15, 0.2) is 48.5 Å². The lowest BCUT2D eigenvalue weighted by molar-refractivity contribution is -0.123. The molecule has 0 saturated carbocycles. The summed E-state index contributed by atoms with van der Waals surface area (Å²) < 4.78 is 7.00. The maximum Gasteiger partial charge on any atom is 0.252 e. The van der Waals surface area contributed by atoms with Crippen molar-refractivity contribution in [3.05, 3.63) is 54.1 Å². The Balaban J connectivity index is 1.51. The monoisotopic (exact) mass is 391 g/mol. The molecular weight excluding hydrogens is 370 g/mol. The molecule has 0 fully saturated rings. The number of hydrogen-bond acceptors (Lipinski definition) is 5. The number of anilines is 2. The van der Waals surface area contributed by atoms with Crippen LogP contribution < -0.4 is 15.4 Å². The van der Waals surface area contributed by atoms with Crippen molar-refractivity contribution >= 4 is 23.5 Å². The van der Waals surface area contributed by atoms with Crippen molar-refractivity contribution in [2.24, 2.45) is 0 Å². The Hall–Kier alpha value is -3.68. The van der Waals surface area contributed by atoms with Gasteiger partial charge in [-0.05, 0) is 26.0 Å². The first-order chi connectivity index (χ1) is 14.0. The Morgan fingerprint density at radius 1 is 1.21 bits per heavy atom. The number of amides is 2. The lowest BCUT2D eigenvalue weighted by Crippen LogP contribution is -2.24. The second kappa shape index (κ2) is 7.75. The minimum absolute atomic E-state index is 0.0595. The van der Waals surface area contributed by atoms with Crippen molar-refractivity contribution in [3.63, 3.8) is 0 Å². The second-order valence-electron chi connectivity index (χ2n) is 6.76. The summed E-state index contributed by atoms with van der Waals surface area (Å²) >= 11 is 0. The van der Waals surface area contributed by atoms with E-state index in [1.54, 1.807) is 12.1 Å². The molecule has 3 aromatic rings. The number of ether oxygens (including phenoxy) is 1. The number of hydrogen-bond donors (Lipinski definition) is 2. The van der Waals surface area contributed by atoms with Gasteiger partial charge in [0.1, 0.15) is 11.8 Å². The van der Waals surface area contributed by atoms with Crippen LogP contribution in [0.2, 0.25) is 0 Å². The molecule has 0 radical (unpaired) electrons. The lowest BCUT2D eigenvalue weighted by Gasteiger charge is -2.13. The van der Waals surface area contributed by atoms with E-state index >= 15 is 0 Å². The Labute approximate surface area is 167 Å². The van der Waals surface area contributed by atoms with Gasteiger partial charge in [-0.3, -0.25) is 14.9 Å². The van der Waals surface area contributed by atoms with Crippen molar-refractivity contribution in [3.8, 4) is 17.1 Å². The van der Waals surface area contributed by atoms with Gasteiger partial charge in [-0.25, -0.2) is 4.68 Å². The molecule has 8 nitrogen and oxygen atoms in total. The van der Waals surface area contributed by atoms with E-state index in [-0.39, 0.29) is 18.2 Å². The van der Waals surface area contributed by atoms with Gasteiger partial charge in [0, 0.05) is 5.56 Å². The summed E-state index contributed by atoms with van der Waals surface area (Å²) in [5, 5.41) is 9.96.